The van der Waals surface area contributed by atoms with Gasteiger partial charge in [-0.1, -0.05) is 36.4 Å². The third-order valence-electron chi connectivity index (χ3n) is 4.05. The van der Waals surface area contributed by atoms with Gasteiger partial charge in [-0.05, 0) is 50.5 Å². The SMILES string of the molecule is CCOc1ccccc1OCCCC(=O)NCc1ccc(COC(C)C)cc1. The van der Waals surface area contributed by atoms with Crippen molar-refractivity contribution >= 4 is 5.91 Å². The lowest BCUT2D eigenvalue weighted by Gasteiger charge is -2.11. The minimum atomic E-state index is 0.0221. The van der Waals surface area contributed by atoms with Crippen LogP contribution in [0.2, 0.25) is 0 Å². The lowest BCUT2D eigenvalue weighted by atomic mass is 10.1. The molecule has 0 spiro atoms. The van der Waals surface area contributed by atoms with Crippen molar-refractivity contribution in [3.8, 4) is 11.5 Å². The van der Waals surface area contributed by atoms with E-state index in [2.05, 4.69) is 5.32 Å². The van der Waals surface area contributed by atoms with Crippen LogP contribution >= 0.6 is 0 Å². The number of ether oxygens (including phenoxy) is 3. The molecule has 152 valence electrons. The summed E-state index contributed by atoms with van der Waals surface area (Å²) < 4.78 is 16.8. The van der Waals surface area contributed by atoms with Crippen LogP contribution in [0.15, 0.2) is 48.5 Å². The predicted molar refractivity (Wildman–Crippen MR) is 111 cm³/mol. The van der Waals surface area contributed by atoms with Crippen molar-refractivity contribution in [1.82, 2.24) is 5.32 Å². The first-order chi connectivity index (χ1) is 13.6. The summed E-state index contributed by atoms with van der Waals surface area (Å²) in [6.45, 7) is 8.18. The average Bonchev–Trinajstić information content (AvgIpc) is 2.70. The molecule has 0 bridgehead atoms. The predicted octanol–water partition coefficient (Wildman–Crippen LogP) is 4.49. The monoisotopic (exact) mass is 385 g/mol. The summed E-state index contributed by atoms with van der Waals surface area (Å²) in [7, 11) is 0. The first kappa shape index (κ1) is 21.8. The first-order valence-electron chi connectivity index (χ1n) is 9.89. The molecular formula is C23H31NO4. The number of carbonyl (C=O) groups is 1. The van der Waals surface area contributed by atoms with Gasteiger partial charge in [0, 0.05) is 13.0 Å². The van der Waals surface area contributed by atoms with Crippen LogP contribution in [-0.4, -0.2) is 25.2 Å². The Morgan fingerprint density at radius 1 is 0.964 bits per heavy atom. The number of hydrogen-bond acceptors (Lipinski definition) is 4. The Morgan fingerprint density at radius 2 is 1.61 bits per heavy atom. The van der Waals surface area contributed by atoms with Gasteiger partial charge in [-0.2, -0.15) is 0 Å². The summed E-state index contributed by atoms with van der Waals surface area (Å²) in [6.07, 6.45) is 1.30. The molecule has 1 N–H and O–H groups in total. The second-order valence-electron chi connectivity index (χ2n) is 6.78. The van der Waals surface area contributed by atoms with Crippen molar-refractivity contribution in [1.29, 1.82) is 0 Å². The quantitative estimate of drug-likeness (QED) is 0.547. The van der Waals surface area contributed by atoms with Crippen molar-refractivity contribution in [2.24, 2.45) is 0 Å². The molecule has 1 amide bonds. The van der Waals surface area contributed by atoms with E-state index in [0.29, 0.717) is 45.0 Å². The molecule has 0 saturated carbocycles. The van der Waals surface area contributed by atoms with E-state index in [0.717, 1.165) is 16.9 Å². The smallest absolute Gasteiger partial charge is 0.220 e. The van der Waals surface area contributed by atoms with Crippen molar-refractivity contribution in [2.75, 3.05) is 13.2 Å². The molecule has 0 aliphatic rings. The minimum Gasteiger partial charge on any atom is -0.490 e. The molecule has 5 nitrogen and oxygen atoms in total. The lowest BCUT2D eigenvalue weighted by molar-refractivity contribution is -0.121. The van der Waals surface area contributed by atoms with Gasteiger partial charge in [0.2, 0.25) is 5.91 Å². The van der Waals surface area contributed by atoms with Crippen molar-refractivity contribution in [3.05, 3.63) is 59.7 Å². The molecular weight excluding hydrogens is 354 g/mol. The molecule has 0 heterocycles. The third-order valence-corrected chi connectivity index (χ3v) is 4.05. The molecule has 2 rings (SSSR count). The van der Waals surface area contributed by atoms with Crippen LogP contribution < -0.4 is 14.8 Å². The number of carbonyl (C=O) groups excluding carboxylic acids is 1. The molecule has 0 unspecified atom stereocenters. The summed E-state index contributed by atoms with van der Waals surface area (Å²) in [5.74, 6) is 1.47. The van der Waals surface area contributed by atoms with Crippen LogP contribution in [0, 0.1) is 0 Å². The number of para-hydroxylation sites is 2. The first-order valence-corrected chi connectivity index (χ1v) is 9.89. The largest absolute Gasteiger partial charge is 0.490 e. The number of benzene rings is 2. The van der Waals surface area contributed by atoms with Crippen molar-refractivity contribution in [3.63, 3.8) is 0 Å². The summed E-state index contributed by atoms with van der Waals surface area (Å²) >= 11 is 0. The fraction of sp³-hybridized carbons (Fsp3) is 0.435. The summed E-state index contributed by atoms with van der Waals surface area (Å²) in [5, 5.41) is 2.95. The second-order valence-corrected chi connectivity index (χ2v) is 6.78. The standard InChI is InChI=1S/C23H31NO4/c1-4-26-21-8-5-6-9-22(21)27-15-7-10-23(25)24-16-19-11-13-20(14-12-19)17-28-18(2)3/h5-6,8-9,11-14,18H,4,7,10,15-17H2,1-3H3,(H,24,25). The minimum absolute atomic E-state index is 0.0221. The molecule has 28 heavy (non-hydrogen) atoms. The van der Waals surface area contributed by atoms with Gasteiger partial charge in [0.05, 0.1) is 25.9 Å². The van der Waals surface area contributed by atoms with Crippen LogP contribution in [0.4, 0.5) is 0 Å². The fourth-order valence-electron chi connectivity index (χ4n) is 2.56. The van der Waals surface area contributed by atoms with Crippen molar-refractivity contribution < 1.29 is 19.0 Å². The highest BCUT2D eigenvalue weighted by molar-refractivity contribution is 5.75. The van der Waals surface area contributed by atoms with E-state index in [4.69, 9.17) is 14.2 Å². The average molecular weight is 386 g/mol. The van der Waals surface area contributed by atoms with Gasteiger partial charge in [-0.25, -0.2) is 0 Å². The molecule has 0 aliphatic heterocycles. The second kappa shape index (κ2) is 12.0. The highest BCUT2D eigenvalue weighted by atomic mass is 16.5. The van der Waals surface area contributed by atoms with Gasteiger partial charge in [-0.15, -0.1) is 0 Å². The van der Waals surface area contributed by atoms with Gasteiger partial charge in [-0.3, -0.25) is 4.79 Å². The molecule has 0 atom stereocenters. The summed E-state index contributed by atoms with van der Waals surface area (Å²) in [6, 6.07) is 15.7. The van der Waals surface area contributed by atoms with Crippen molar-refractivity contribution in [2.45, 2.75) is 52.9 Å². The zero-order valence-electron chi connectivity index (χ0n) is 17.1. The Balaban J connectivity index is 1.65. The van der Waals surface area contributed by atoms with Gasteiger partial charge in [0.15, 0.2) is 11.5 Å². The number of amides is 1. The van der Waals surface area contributed by atoms with Crippen LogP contribution in [0.1, 0.15) is 44.7 Å². The van der Waals surface area contributed by atoms with Crippen LogP contribution in [0.25, 0.3) is 0 Å². The number of rotatable bonds is 12. The molecule has 2 aromatic carbocycles. The zero-order valence-corrected chi connectivity index (χ0v) is 17.1. The number of nitrogens with one attached hydrogen (secondary N) is 1. The van der Waals surface area contributed by atoms with Crippen LogP contribution in [-0.2, 0) is 22.7 Å². The van der Waals surface area contributed by atoms with Gasteiger partial charge in [0.25, 0.3) is 0 Å². The maximum Gasteiger partial charge on any atom is 0.220 e. The van der Waals surface area contributed by atoms with Gasteiger partial charge >= 0.3 is 0 Å². The van der Waals surface area contributed by atoms with Crippen LogP contribution in [0.5, 0.6) is 11.5 Å². The van der Waals surface area contributed by atoms with E-state index in [-0.39, 0.29) is 12.0 Å². The topological polar surface area (TPSA) is 56.8 Å². The Bertz CT molecular complexity index is 713. The Morgan fingerprint density at radius 3 is 2.25 bits per heavy atom. The molecule has 0 radical (unpaired) electrons. The summed E-state index contributed by atoms with van der Waals surface area (Å²) in [5.41, 5.74) is 2.21. The van der Waals surface area contributed by atoms with E-state index >= 15 is 0 Å². The Hall–Kier alpha value is -2.53. The van der Waals surface area contributed by atoms with E-state index < -0.39 is 0 Å². The molecule has 5 heteroatoms. The van der Waals surface area contributed by atoms with Gasteiger partial charge in [0.1, 0.15) is 0 Å². The summed E-state index contributed by atoms with van der Waals surface area (Å²) in [4.78, 5) is 12.0. The lowest BCUT2D eigenvalue weighted by Crippen LogP contribution is -2.23. The van der Waals surface area contributed by atoms with E-state index in [1.807, 2.05) is 69.3 Å². The van der Waals surface area contributed by atoms with E-state index in [1.54, 1.807) is 0 Å². The zero-order chi connectivity index (χ0) is 20.2. The van der Waals surface area contributed by atoms with E-state index in [1.165, 1.54) is 0 Å². The number of hydrogen-bond donors (Lipinski definition) is 1. The molecule has 0 saturated heterocycles. The molecule has 0 fully saturated rings. The van der Waals surface area contributed by atoms with Crippen LogP contribution in [0.3, 0.4) is 0 Å². The maximum atomic E-state index is 12.0. The highest BCUT2D eigenvalue weighted by Gasteiger charge is 2.05. The Kier molecular flexibility index (Phi) is 9.35. The molecule has 0 aliphatic carbocycles. The third kappa shape index (κ3) is 8.01. The fourth-order valence-corrected chi connectivity index (χ4v) is 2.56. The molecule has 0 aromatic heterocycles. The highest BCUT2D eigenvalue weighted by Crippen LogP contribution is 2.26. The van der Waals surface area contributed by atoms with Gasteiger partial charge < -0.3 is 19.5 Å². The van der Waals surface area contributed by atoms with E-state index in [9.17, 15) is 4.79 Å². The maximum absolute atomic E-state index is 12.0. The Labute approximate surface area is 168 Å². The molecule has 2 aromatic rings. The normalized spacial score (nSPS) is 10.7.